The Bertz CT molecular complexity index is 248. The number of carbonyl (C=O) groups excluding carboxylic acids is 1. The molecule has 0 aromatic heterocycles. The van der Waals surface area contributed by atoms with E-state index in [1.807, 2.05) is 0 Å². The average molecular weight is 222 g/mol. The Kier molecular flexibility index (Phi) is 3.55. The number of hydrogen-bond acceptors (Lipinski definition) is 2. The summed E-state index contributed by atoms with van der Waals surface area (Å²) in [6.07, 6.45) is -10.4. The fourth-order valence-electron chi connectivity index (χ4n) is 0.402. The van der Waals surface area contributed by atoms with Crippen LogP contribution in [-0.2, 0) is 9.53 Å². The molecular formula is C6H4F6O2. The van der Waals surface area contributed by atoms with E-state index in [1.54, 1.807) is 0 Å². The van der Waals surface area contributed by atoms with Crippen molar-refractivity contribution in [2.45, 2.75) is 19.5 Å². The van der Waals surface area contributed by atoms with Crippen molar-refractivity contribution in [1.29, 1.82) is 0 Å². The molecule has 8 heteroatoms. The van der Waals surface area contributed by atoms with Crippen molar-refractivity contribution < 1.29 is 35.9 Å². The number of allylic oxidation sites excluding steroid dienone is 1. The highest BCUT2D eigenvalue weighted by molar-refractivity contribution is 5.83. The van der Waals surface area contributed by atoms with Gasteiger partial charge in [0.25, 0.3) is 0 Å². The molecule has 0 aliphatic heterocycles. The van der Waals surface area contributed by atoms with Crippen molar-refractivity contribution in [3.05, 3.63) is 11.6 Å². The third kappa shape index (κ3) is 5.44. The van der Waals surface area contributed by atoms with Gasteiger partial charge in [-0.3, -0.25) is 0 Å². The minimum absolute atomic E-state index is 0.270. The van der Waals surface area contributed by atoms with Crippen molar-refractivity contribution >= 4 is 5.97 Å². The molecule has 0 aliphatic rings. The summed E-state index contributed by atoms with van der Waals surface area (Å²) in [5, 5.41) is 0. The highest BCUT2D eigenvalue weighted by Crippen LogP contribution is 2.25. The van der Waals surface area contributed by atoms with Crippen molar-refractivity contribution in [2.75, 3.05) is 0 Å². The van der Waals surface area contributed by atoms with Crippen LogP contribution in [0.3, 0.4) is 0 Å². The third-order valence-electron chi connectivity index (χ3n) is 0.998. The number of halogens is 6. The van der Waals surface area contributed by atoms with Gasteiger partial charge in [0, 0.05) is 11.6 Å². The molecule has 0 saturated heterocycles. The van der Waals surface area contributed by atoms with Crippen LogP contribution in [0, 0.1) is 0 Å². The van der Waals surface area contributed by atoms with Gasteiger partial charge in [-0.25, -0.2) is 4.79 Å². The zero-order chi connectivity index (χ0) is 11.6. The number of ether oxygens (including phenoxy) is 1. The lowest BCUT2D eigenvalue weighted by atomic mass is 10.3. The molecule has 0 radical (unpaired) electrons. The minimum atomic E-state index is -5.28. The van der Waals surface area contributed by atoms with Gasteiger partial charge in [0.1, 0.15) is 0 Å². The van der Waals surface area contributed by atoms with Gasteiger partial charge in [-0.1, -0.05) is 0 Å². The summed E-state index contributed by atoms with van der Waals surface area (Å²) in [5.74, 6) is -2.10. The molecule has 0 spiro atoms. The van der Waals surface area contributed by atoms with Gasteiger partial charge < -0.3 is 4.74 Å². The van der Waals surface area contributed by atoms with Crippen molar-refractivity contribution in [2.24, 2.45) is 0 Å². The topological polar surface area (TPSA) is 26.3 Å². The molecule has 0 atom stereocenters. The molecule has 0 heterocycles. The summed E-state index contributed by atoms with van der Waals surface area (Å²) in [7, 11) is 0. The maximum atomic E-state index is 11.7. The number of carbonyl (C=O) groups is 1. The first-order valence-corrected chi connectivity index (χ1v) is 3.07. The van der Waals surface area contributed by atoms with Crippen molar-refractivity contribution in [3.8, 4) is 0 Å². The molecule has 0 fully saturated rings. The molecule has 0 saturated carbocycles. The summed E-state index contributed by atoms with van der Waals surface area (Å²) in [6, 6.07) is 0. The van der Waals surface area contributed by atoms with Crippen LogP contribution in [0.4, 0.5) is 26.3 Å². The standard InChI is InChI=1S/C6H4F6O2/c1-3(5(7,8)9)2-4(13)14-6(10,11)12/h2H,1H3. The Labute approximate surface area is 74.1 Å². The van der Waals surface area contributed by atoms with E-state index in [0.29, 0.717) is 6.92 Å². The summed E-state index contributed by atoms with van der Waals surface area (Å²) in [6.45, 7) is 0.456. The summed E-state index contributed by atoms with van der Waals surface area (Å²) >= 11 is 0. The second kappa shape index (κ2) is 3.89. The van der Waals surface area contributed by atoms with Crippen LogP contribution in [0.1, 0.15) is 6.92 Å². The molecular weight excluding hydrogens is 218 g/mol. The number of esters is 1. The smallest absolute Gasteiger partial charge is 0.370 e. The largest absolute Gasteiger partial charge is 0.575 e. The maximum Gasteiger partial charge on any atom is 0.575 e. The third-order valence-corrected chi connectivity index (χ3v) is 0.998. The van der Waals surface area contributed by atoms with Gasteiger partial charge in [-0.15, -0.1) is 13.2 Å². The monoisotopic (exact) mass is 222 g/mol. The Morgan fingerprint density at radius 2 is 1.57 bits per heavy atom. The first kappa shape index (κ1) is 12.8. The summed E-state index contributed by atoms with van der Waals surface area (Å²) < 4.78 is 71.6. The van der Waals surface area contributed by atoms with Crippen LogP contribution in [0.25, 0.3) is 0 Å². The zero-order valence-corrected chi connectivity index (χ0v) is 6.66. The molecule has 0 unspecified atom stereocenters. The van der Waals surface area contributed by atoms with Crippen LogP contribution < -0.4 is 0 Å². The van der Waals surface area contributed by atoms with Crippen molar-refractivity contribution in [3.63, 3.8) is 0 Å². The van der Waals surface area contributed by atoms with Gasteiger partial charge in [-0.05, 0) is 6.92 Å². The van der Waals surface area contributed by atoms with E-state index in [1.165, 1.54) is 0 Å². The van der Waals surface area contributed by atoms with Gasteiger partial charge in [0.15, 0.2) is 0 Å². The molecule has 0 aliphatic carbocycles. The predicted molar refractivity (Wildman–Crippen MR) is 32.0 cm³/mol. The lowest BCUT2D eigenvalue weighted by molar-refractivity contribution is -0.303. The van der Waals surface area contributed by atoms with Crippen LogP contribution >= 0.6 is 0 Å². The van der Waals surface area contributed by atoms with Crippen LogP contribution in [0.5, 0.6) is 0 Å². The predicted octanol–water partition coefficient (Wildman–Crippen LogP) is 2.56. The van der Waals surface area contributed by atoms with Gasteiger partial charge in [-0.2, -0.15) is 13.2 Å². The normalized spacial score (nSPS) is 14.1. The van der Waals surface area contributed by atoms with Gasteiger partial charge in [0.05, 0.1) is 0 Å². The second-order valence-electron chi connectivity index (χ2n) is 2.19. The zero-order valence-electron chi connectivity index (χ0n) is 6.66. The molecule has 0 aromatic rings. The summed E-state index contributed by atoms with van der Waals surface area (Å²) in [5.41, 5.74) is -1.47. The van der Waals surface area contributed by atoms with E-state index in [4.69, 9.17) is 0 Å². The highest BCUT2D eigenvalue weighted by Gasteiger charge is 2.35. The number of rotatable bonds is 1. The van der Waals surface area contributed by atoms with Gasteiger partial charge >= 0.3 is 18.5 Å². The number of alkyl halides is 6. The lowest BCUT2D eigenvalue weighted by Gasteiger charge is -2.07. The van der Waals surface area contributed by atoms with E-state index in [0.717, 1.165) is 0 Å². The molecule has 0 aromatic carbocycles. The quantitative estimate of drug-likeness (QED) is 0.387. The Hall–Kier alpha value is -1.21. The molecule has 14 heavy (non-hydrogen) atoms. The lowest BCUT2D eigenvalue weighted by Crippen LogP contribution is -2.19. The maximum absolute atomic E-state index is 11.7. The van der Waals surface area contributed by atoms with Crippen LogP contribution in [0.2, 0.25) is 0 Å². The first-order chi connectivity index (χ1) is 6.02. The van der Waals surface area contributed by atoms with Crippen LogP contribution in [0.15, 0.2) is 11.6 Å². The molecule has 82 valence electrons. The van der Waals surface area contributed by atoms with E-state index >= 15 is 0 Å². The SMILES string of the molecule is CC(=CC(=O)OC(F)(F)F)C(F)(F)F. The Morgan fingerprint density at radius 3 is 1.86 bits per heavy atom. The van der Waals surface area contributed by atoms with E-state index < -0.39 is 24.1 Å². The molecule has 2 nitrogen and oxygen atoms in total. The first-order valence-electron chi connectivity index (χ1n) is 3.07. The highest BCUT2D eigenvalue weighted by atomic mass is 19.4. The van der Waals surface area contributed by atoms with Crippen molar-refractivity contribution in [1.82, 2.24) is 0 Å². The molecule has 0 bridgehead atoms. The summed E-state index contributed by atoms with van der Waals surface area (Å²) in [4.78, 5) is 10.2. The fraction of sp³-hybridized carbons (Fsp3) is 0.500. The van der Waals surface area contributed by atoms with E-state index in [9.17, 15) is 31.1 Å². The Balaban J connectivity index is 4.46. The molecule has 0 N–H and O–H groups in total. The average Bonchev–Trinajstić information content (AvgIpc) is 1.79. The van der Waals surface area contributed by atoms with Gasteiger partial charge in [0.2, 0.25) is 0 Å². The fourth-order valence-corrected chi connectivity index (χ4v) is 0.402. The second-order valence-corrected chi connectivity index (χ2v) is 2.19. The van der Waals surface area contributed by atoms with E-state index in [2.05, 4.69) is 4.74 Å². The Morgan fingerprint density at radius 1 is 1.14 bits per heavy atom. The van der Waals surface area contributed by atoms with Crippen LogP contribution in [-0.4, -0.2) is 18.5 Å². The number of hydrogen-bond donors (Lipinski definition) is 0. The van der Waals surface area contributed by atoms with E-state index in [-0.39, 0.29) is 6.08 Å². The minimum Gasteiger partial charge on any atom is -0.370 e. The molecule has 0 rings (SSSR count). The molecule has 0 amide bonds.